The summed E-state index contributed by atoms with van der Waals surface area (Å²) >= 11 is 0. The Morgan fingerprint density at radius 2 is 0.491 bits per heavy atom. The van der Waals surface area contributed by atoms with Crippen LogP contribution >= 0.6 is 0 Å². The van der Waals surface area contributed by atoms with Gasteiger partial charge in [-0.15, -0.1) is 0 Å². The monoisotopic (exact) mass is 747 g/mol. The molecule has 0 radical (unpaired) electrons. The topological polar surface area (TPSA) is 181 Å². The molecule has 0 unspecified atom stereocenters. The van der Waals surface area contributed by atoms with Crippen LogP contribution in [0.3, 0.4) is 0 Å². The van der Waals surface area contributed by atoms with Gasteiger partial charge in [0, 0.05) is 69.8 Å². The summed E-state index contributed by atoms with van der Waals surface area (Å²) in [6, 6.07) is 34.7. The highest BCUT2D eigenvalue weighted by Gasteiger charge is 2.32. The van der Waals surface area contributed by atoms with Crippen LogP contribution in [0, 0.1) is 30.3 Å². The third kappa shape index (κ3) is 4.97. The quantitative estimate of drug-likeness (QED) is 0.118. The lowest BCUT2D eigenvalue weighted by atomic mass is 9.90. The van der Waals surface area contributed by atoms with E-state index in [1.807, 2.05) is 54.6 Å². The highest BCUT2D eigenvalue weighted by molar-refractivity contribution is 6.24. The molecule has 270 valence electrons. The molecule has 3 aliphatic rings. The van der Waals surface area contributed by atoms with Gasteiger partial charge in [-0.25, -0.2) is 0 Å². The minimum Gasteiger partial charge on any atom is -0.289 e. The second-order valence-electron chi connectivity index (χ2n) is 14.0. The Kier molecular flexibility index (Phi) is 6.94. The van der Waals surface area contributed by atoms with Gasteiger partial charge in [0.15, 0.2) is 17.3 Å². The van der Waals surface area contributed by atoms with E-state index in [1.54, 1.807) is 36.4 Å². The number of nitrogens with zero attached hydrogens (tertiary/aromatic N) is 3. The van der Waals surface area contributed by atoms with Crippen molar-refractivity contribution in [2.24, 2.45) is 0 Å². The van der Waals surface area contributed by atoms with Crippen molar-refractivity contribution in [3.63, 3.8) is 0 Å². The van der Waals surface area contributed by atoms with E-state index in [1.165, 1.54) is 36.4 Å². The molecule has 0 bridgehead atoms. The van der Waals surface area contributed by atoms with Crippen LogP contribution in [-0.2, 0) is 0 Å². The van der Waals surface area contributed by atoms with Crippen LogP contribution in [0.15, 0.2) is 127 Å². The van der Waals surface area contributed by atoms with Gasteiger partial charge in [0.05, 0.1) is 14.8 Å². The van der Waals surface area contributed by atoms with Crippen LogP contribution < -0.4 is 0 Å². The Morgan fingerprint density at radius 1 is 0.263 bits per heavy atom. The first-order valence-electron chi connectivity index (χ1n) is 17.5. The maximum atomic E-state index is 13.6. The van der Waals surface area contributed by atoms with Crippen molar-refractivity contribution in [3.8, 4) is 66.8 Å². The predicted molar refractivity (Wildman–Crippen MR) is 209 cm³/mol. The van der Waals surface area contributed by atoms with Gasteiger partial charge in [-0.05, 0) is 121 Å². The van der Waals surface area contributed by atoms with E-state index in [4.69, 9.17) is 0 Å². The maximum absolute atomic E-state index is 13.6. The highest BCUT2D eigenvalue weighted by Crippen LogP contribution is 2.45. The van der Waals surface area contributed by atoms with Crippen molar-refractivity contribution in [2.45, 2.75) is 0 Å². The molecule has 0 N–H and O–H groups in total. The van der Waals surface area contributed by atoms with E-state index in [2.05, 4.69) is 0 Å². The summed E-state index contributed by atoms with van der Waals surface area (Å²) < 4.78 is 0. The molecular weight excluding hydrogens is 727 g/mol. The fourth-order valence-electron chi connectivity index (χ4n) is 8.21. The summed E-state index contributed by atoms with van der Waals surface area (Å²) in [6.45, 7) is 0. The van der Waals surface area contributed by atoms with Gasteiger partial charge in [-0.3, -0.25) is 44.7 Å². The molecule has 57 heavy (non-hydrogen) atoms. The van der Waals surface area contributed by atoms with Crippen LogP contribution in [0.1, 0.15) is 47.8 Å². The van der Waals surface area contributed by atoms with E-state index in [0.717, 1.165) is 0 Å². The third-order valence-electron chi connectivity index (χ3n) is 11.0. The zero-order chi connectivity index (χ0) is 39.4. The SMILES string of the molecule is O=C1c2cc(-c3cc(-c4ccc5c(c4)C(=O)c4cc([N+](=O)[O-])ccc4-5)cc(-c4ccc5c(c4)C(=O)c4cc([N+](=O)[O-])ccc4-5)c3)ccc2-c2ccc([N+](=O)[O-])cc21. The van der Waals surface area contributed by atoms with Gasteiger partial charge in [-0.1, -0.05) is 36.4 Å². The average molecular weight is 748 g/mol. The smallest absolute Gasteiger partial charge is 0.270 e. The van der Waals surface area contributed by atoms with Crippen LogP contribution in [0.4, 0.5) is 17.1 Å². The van der Waals surface area contributed by atoms with Crippen molar-refractivity contribution >= 4 is 34.4 Å². The lowest BCUT2D eigenvalue weighted by Gasteiger charge is -2.14. The van der Waals surface area contributed by atoms with E-state index >= 15 is 0 Å². The molecule has 0 spiro atoms. The highest BCUT2D eigenvalue weighted by atomic mass is 16.6. The summed E-state index contributed by atoms with van der Waals surface area (Å²) in [6.07, 6.45) is 0. The van der Waals surface area contributed by atoms with Gasteiger partial charge >= 0.3 is 0 Å². The Bertz CT molecular complexity index is 2790. The van der Waals surface area contributed by atoms with Crippen molar-refractivity contribution in [1.82, 2.24) is 0 Å². The first kappa shape index (κ1) is 33.3. The second kappa shape index (κ2) is 11.9. The summed E-state index contributed by atoms with van der Waals surface area (Å²) in [5, 5.41) is 34.4. The molecule has 12 nitrogen and oxygen atoms in total. The lowest BCUT2D eigenvalue weighted by molar-refractivity contribution is -0.385. The van der Waals surface area contributed by atoms with Gasteiger partial charge in [-0.2, -0.15) is 0 Å². The number of rotatable bonds is 6. The molecule has 0 aromatic heterocycles. The number of hydrogen-bond acceptors (Lipinski definition) is 9. The van der Waals surface area contributed by atoms with Gasteiger partial charge in [0.2, 0.25) is 0 Å². The molecule has 0 fully saturated rings. The van der Waals surface area contributed by atoms with Crippen LogP contribution in [0.2, 0.25) is 0 Å². The zero-order valence-electron chi connectivity index (χ0n) is 29.1. The molecule has 0 heterocycles. The molecule has 10 rings (SSSR count). The molecule has 0 saturated heterocycles. The van der Waals surface area contributed by atoms with E-state index in [9.17, 15) is 44.7 Å². The molecule has 7 aromatic rings. The molecule has 7 aromatic carbocycles. The fraction of sp³-hybridized carbons (Fsp3) is 0. The number of non-ortho nitro benzene ring substituents is 3. The van der Waals surface area contributed by atoms with E-state index in [-0.39, 0.29) is 51.1 Å². The number of nitro benzene ring substituents is 3. The Balaban J connectivity index is 1.11. The predicted octanol–water partition coefficient (Wildman–Crippen LogP) is 10.0. The summed E-state index contributed by atoms with van der Waals surface area (Å²) in [4.78, 5) is 73.7. The van der Waals surface area contributed by atoms with Crippen molar-refractivity contribution in [3.05, 3.63) is 191 Å². The first-order valence-corrected chi connectivity index (χ1v) is 17.5. The summed E-state index contributed by atoms with van der Waals surface area (Å²) in [7, 11) is 0. The molecule has 3 aliphatic carbocycles. The van der Waals surface area contributed by atoms with Crippen molar-refractivity contribution in [1.29, 1.82) is 0 Å². The fourth-order valence-corrected chi connectivity index (χ4v) is 8.21. The van der Waals surface area contributed by atoms with Gasteiger partial charge < -0.3 is 0 Å². The van der Waals surface area contributed by atoms with Gasteiger partial charge in [0.25, 0.3) is 17.1 Å². The number of ketones is 3. The van der Waals surface area contributed by atoms with Crippen LogP contribution in [-0.4, -0.2) is 32.1 Å². The largest absolute Gasteiger partial charge is 0.289 e. The third-order valence-corrected chi connectivity index (χ3v) is 11.0. The lowest BCUT2D eigenvalue weighted by Crippen LogP contribution is -1.98. The van der Waals surface area contributed by atoms with Gasteiger partial charge in [0.1, 0.15) is 0 Å². The number of carbonyl (C=O) groups is 3. The Morgan fingerprint density at radius 3 is 0.737 bits per heavy atom. The Labute approximate surface area is 320 Å². The van der Waals surface area contributed by atoms with Crippen LogP contribution in [0.5, 0.6) is 0 Å². The van der Waals surface area contributed by atoms with Crippen molar-refractivity contribution < 1.29 is 29.2 Å². The molecule has 0 saturated carbocycles. The van der Waals surface area contributed by atoms with E-state index < -0.39 is 14.8 Å². The molecule has 0 atom stereocenters. The summed E-state index contributed by atoms with van der Waals surface area (Å²) in [5.41, 5.74) is 9.18. The van der Waals surface area contributed by atoms with Crippen LogP contribution in [0.25, 0.3) is 66.8 Å². The Hall–Kier alpha value is -8.25. The number of benzene rings is 7. The normalized spacial score (nSPS) is 12.7. The number of hydrogen-bond donors (Lipinski definition) is 0. The molecular formula is C45H21N3O9. The minimum atomic E-state index is -0.543. The number of carbonyl (C=O) groups excluding carboxylic acids is 3. The number of nitro groups is 3. The second-order valence-corrected chi connectivity index (χ2v) is 14.0. The maximum Gasteiger partial charge on any atom is 0.270 e. The standard InChI is InChI=1S/C45H21N3O9/c49-43-37-16-22(1-7-31(37)34-10-4-28(46(52)53)19-40(34)43)25-13-26(23-2-8-32-35-11-5-29(47(54)55)20-41(35)44(50)38(32)17-23)15-27(14-25)24-3-9-33-36-12-6-30(48(56)57)21-42(36)45(51)39(33)18-24/h1-21H. The van der Waals surface area contributed by atoms with Crippen molar-refractivity contribution in [2.75, 3.05) is 0 Å². The average Bonchev–Trinajstić information content (AvgIpc) is 3.79. The molecule has 0 amide bonds. The molecule has 12 heteroatoms. The molecule has 0 aliphatic heterocycles. The summed E-state index contributed by atoms with van der Waals surface area (Å²) in [5.74, 6) is -1.01. The number of fused-ring (bicyclic) bond motifs is 9. The minimum absolute atomic E-state index is 0.184. The van der Waals surface area contributed by atoms with E-state index in [0.29, 0.717) is 83.5 Å². The first-order chi connectivity index (χ1) is 27.4. The zero-order valence-corrected chi connectivity index (χ0v) is 29.1.